The van der Waals surface area contributed by atoms with Gasteiger partial charge in [0.05, 0.1) is 0 Å². The Morgan fingerprint density at radius 2 is 1.81 bits per heavy atom. The molecule has 0 atom stereocenters. The minimum absolute atomic E-state index is 0.586. The van der Waals surface area contributed by atoms with E-state index in [2.05, 4.69) is 66.3 Å². The van der Waals surface area contributed by atoms with Crippen LogP contribution in [0.4, 0.5) is 0 Å². The molecule has 0 saturated heterocycles. The van der Waals surface area contributed by atoms with Gasteiger partial charge in [0, 0.05) is 11.3 Å². The summed E-state index contributed by atoms with van der Waals surface area (Å²) < 4.78 is 0.646. The van der Waals surface area contributed by atoms with Crippen LogP contribution >= 0.6 is 12.2 Å². The van der Waals surface area contributed by atoms with E-state index >= 15 is 0 Å². The van der Waals surface area contributed by atoms with Gasteiger partial charge in [-0.15, -0.1) is 0 Å². The van der Waals surface area contributed by atoms with E-state index in [0.29, 0.717) is 10.6 Å². The molecule has 1 heterocycles. The molecule has 0 bridgehead atoms. The average Bonchev–Trinajstić information content (AvgIpc) is 2.45. The summed E-state index contributed by atoms with van der Waals surface area (Å²) in [6.45, 7) is 4.40. The third kappa shape index (κ3) is 3.19. The van der Waals surface area contributed by atoms with Crippen molar-refractivity contribution in [3.63, 3.8) is 0 Å². The number of H-pyrrole nitrogens is 1. The normalized spacial score (nSPS) is 11.2. The van der Waals surface area contributed by atoms with Gasteiger partial charge >= 0.3 is 0 Å². The van der Waals surface area contributed by atoms with Crippen molar-refractivity contribution in [3.05, 3.63) is 58.9 Å². The molecule has 3 heteroatoms. The Bertz CT molecular complexity index is 834. The molecule has 3 rings (SSSR count). The lowest BCUT2D eigenvalue weighted by Gasteiger charge is -2.09. The second kappa shape index (κ2) is 5.78. The van der Waals surface area contributed by atoms with Gasteiger partial charge in [0.1, 0.15) is 10.5 Å². The first kappa shape index (κ1) is 14.0. The van der Waals surface area contributed by atoms with Crippen molar-refractivity contribution in [3.8, 4) is 11.4 Å². The summed E-state index contributed by atoms with van der Waals surface area (Å²) in [6, 6.07) is 16.7. The monoisotopic (exact) mass is 294 g/mol. The highest BCUT2D eigenvalue weighted by Gasteiger charge is 2.05. The Hall–Kier alpha value is -2.00. The van der Waals surface area contributed by atoms with Gasteiger partial charge in [-0.3, -0.25) is 0 Å². The molecule has 0 amide bonds. The minimum atomic E-state index is 0.586. The largest absolute Gasteiger partial charge is 0.343 e. The maximum absolute atomic E-state index is 5.30. The number of benzene rings is 2. The van der Waals surface area contributed by atoms with Crippen LogP contribution in [0.25, 0.3) is 22.2 Å². The zero-order valence-electron chi connectivity index (χ0n) is 12.3. The predicted octanol–water partition coefficient (Wildman–Crippen LogP) is 5.16. The first-order valence-electron chi connectivity index (χ1n) is 7.21. The van der Waals surface area contributed by atoms with Crippen LogP contribution in [0.15, 0.2) is 48.5 Å². The SMILES string of the molecule is CC(C)Cc1cc(=S)nc(-c2ccc3ccccc3c2)[nH]1. The Morgan fingerprint density at radius 1 is 1.05 bits per heavy atom. The fourth-order valence-electron chi connectivity index (χ4n) is 2.53. The molecular weight excluding hydrogens is 276 g/mol. The molecule has 3 aromatic rings. The summed E-state index contributed by atoms with van der Waals surface area (Å²) >= 11 is 5.30. The molecule has 0 aliphatic carbocycles. The lowest BCUT2D eigenvalue weighted by molar-refractivity contribution is 0.634. The van der Waals surface area contributed by atoms with Gasteiger partial charge in [-0.1, -0.05) is 62.5 Å². The van der Waals surface area contributed by atoms with Crippen LogP contribution in [-0.2, 0) is 6.42 Å². The Balaban J connectivity index is 2.09. The van der Waals surface area contributed by atoms with Crippen molar-refractivity contribution >= 4 is 23.0 Å². The molecule has 0 aliphatic heterocycles. The lowest BCUT2D eigenvalue weighted by Crippen LogP contribution is -2.00. The molecule has 0 fully saturated rings. The Labute approximate surface area is 129 Å². The molecule has 0 spiro atoms. The van der Waals surface area contributed by atoms with Crippen molar-refractivity contribution in [2.45, 2.75) is 20.3 Å². The van der Waals surface area contributed by atoms with Gasteiger partial charge in [-0.25, -0.2) is 4.98 Å². The molecule has 1 N–H and O–H groups in total. The number of hydrogen-bond donors (Lipinski definition) is 1. The third-order valence-corrected chi connectivity index (χ3v) is 3.66. The molecule has 0 radical (unpaired) electrons. The van der Waals surface area contributed by atoms with Crippen LogP contribution in [0.1, 0.15) is 19.5 Å². The van der Waals surface area contributed by atoms with Gasteiger partial charge in [-0.2, -0.15) is 0 Å². The summed E-state index contributed by atoms with van der Waals surface area (Å²) in [4.78, 5) is 7.90. The second-order valence-electron chi connectivity index (χ2n) is 5.75. The summed E-state index contributed by atoms with van der Waals surface area (Å²) in [6.07, 6.45) is 0.979. The summed E-state index contributed by atoms with van der Waals surface area (Å²) in [5.41, 5.74) is 2.22. The standard InChI is InChI=1S/C18H18N2S/c1-12(2)9-16-11-17(21)20-18(19-16)15-8-7-13-5-3-4-6-14(13)10-15/h3-8,10-12H,9H2,1-2H3,(H,19,20,21). The van der Waals surface area contributed by atoms with Crippen LogP contribution < -0.4 is 0 Å². The molecule has 2 aromatic carbocycles. The molecule has 2 nitrogen and oxygen atoms in total. The average molecular weight is 294 g/mol. The van der Waals surface area contributed by atoms with Crippen molar-refractivity contribution in [1.82, 2.24) is 9.97 Å². The van der Waals surface area contributed by atoms with Gasteiger partial charge < -0.3 is 4.98 Å². The zero-order chi connectivity index (χ0) is 14.8. The van der Waals surface area contributed by atoms with Crippen LogP contribution in [-0.4, -0.2) is 9.97 Å². The topological polar surface area (TPSA) is 28.7 Å². The van der Waals surface area contributed by atoms with Gasteiger partial charge in [0.2, 0.25) is 0 Å². The van der Waals surface area contributed by atoms with Crippen LogP contribution in [0.2, 0.25) is 0 Å². The van der Waals surface area contributed by atoms with Crippen molar-refractivity contribution < 1.29 is 0 Å². The third-order valence-electron chi connectivity index (χ3n) is 3.45. The maximum atomic E-state index is 5.30. The van der Waals surface area contributed by atoms with Crippen molar-refractivity contribution in [2.24, 2.45) is 5.92 Å². The molecule has 1 aromatic heterocycles. The minimum Gasteiger partial charge on any atom is -0.343 e. The number of fused-ring (bicyclic) bond motifs is 1. The first-order valence-corrected chi connectivity index (χ1v) is 7.62. The lowest BCUT2D eigenvalue weighted by atomic mass is 10.1. The zero-order valence-corrected chi connectivity index (χ0v) is 13.1. The molecule has 0 unspecified atom stereocenters. The van der Waals surface area contributed by atoms with Gasteiger partial charge in [0.25, 0.3) is 0 Å². The van der Waals surface area contributed by atoms with Crippen molar-refractivity contribution in [1.29, 1.82) is 0 Å². The van der Waals surface area contributed by atoms with Crippen molar-refractivity contribution in [2.75, 3.05) is 0 Å². The van der Waals surface area contributed by atoms with E-state index in [9.17, 15) is 0 Å². The van der Waals surface area contributed by atoms with E-state index in [1.807, 2.05) is 6.07 Å². The Kier molecular flexibility index (Phi) is 3.84. The van der Waals surface area contributed by atoms with Gasteiger partial charge in [0.15, 0.2) is 0 Å². The number of nitrogens with zero attached hydrogens (tertiary/aromatic N) is 1. The van der Waals surface area contributed by atoms with Gasteiger partial charge in [-0.05, 0) is 35.2 Å². The smallest absolute Gasteiger partial charge is 0.139 e. The fourth-order valence-corrected chi connectivity index (χ4v) is 2.76. The van der Waals surface area contributed by atoms with Crippen LogP contribution in [0.5, 0.6) is 0 Å². The quantitative estimate of drug-likeness (QED) is 0.676. The number of aromatic amines is 1. The maximum Gasteiger partial charge on any atom is 0.139 e. The summed E-state index contributed by atoms with van der Waals surface area (Å²) in [5, 5.41) is 2.45. The van der Waals surface area contributed by atoms with E-state index in [-0.39, 0.29) is 0 Å². The van der Waals surface area contributed by atoms with Crippen LogP contribution in [0, 0.1) is 10.6 Å². The van der Waals surface area contributed by atoms with E-state index < -0.39 is 0 Å². The predicted molar refractivity (Wildman–Crippen MR) is 90.9 cm³/mol. The highest BCUT2D eigenvalue weighted by Crippen LogP contribution is 2.22. The molecule has 21 heavy (non-hydrogen) atoms. The summed E-state index contributed by atoms with van der Waals surface area (Å²) in [7, 11) is 0. The van der Waals surface area contributed by atoms with E-state index in [1.54, 1.807) is 0 Å². The summed E-state index contributed by atoms with van der Waals surface area (Å²) in [5.74, 6) is 1.44. The molecule has 0 aliphatic rings. The number of hydrogen-bond acceptors (Lipinski definition) is 2. The molecule has 0 saturated carbocycles. The Morgan fingerprint density at radius 3 is 2.57 bits per heavy atom. The van der Waals surface area contributed by atoms with E-state index in [0.717, 1.165) is 23.5 Å². The molecule has 106 valence electrons. The first-order chi connectivity index (χ1) is 10.1. The van der Waals surface area contributed by atoms with E-state index in [4.69, 9.17) is 12.2 Å². The highest BCUT2D eigenvalue weighted by atomic mass is 32.1. The number of nitrogens with one attached hydrogen (secondary N) is 1. The fraction of sp³-hybridized carbons (Fsp3) is 0.222. The highest BCUT2D eigenvalue weighted by molar-refractivity contribution is 7.71. The van der Waals surface area contributed by atoms with Crippen LogP contribution in [0.3, 0.4) is 0 Å². The number of rotatable bonds is 3. The van der Waals surface area contributed by atoms with E-state index in [1.165, 1.54) is 10.8 Å². The number of aromatic nitrogens is 2. The second-order valence-corrected chi connectivity index (χ2v) is 6.17. The molecular formula is C18H18N2S.